The summed E-state index contributed by atoms with van der Waals surface area (Å²) >= 11 is 12.5. The van der Waals surface area contributed by atoms with E-state index in [0.717, 1.165) is 32.1 Å². The monoisotopic (exact) mass is 332 g/mol. The molecule has 2 fully saturated rings. The third-order valence-corrected chi connectivity index (χ3v) is 5.68. The zero-order valence-corrected chi connectivity index (χ0v) is 13.0. The van der Waals surface area contributed by atoms with Crippen molar-refractivity contribution in [3.05, 3.63) is 0 Å². The molecule has 6 atom stereocenters. The van der Waals surface area contributed by atoms with Crippen molar-refractivity contribution in [2.75, 3.05) is 0 Å². The standard InChI is InChI=1S/C14H21Cl2F3O/c1-8-6-9(2-5-13(8)20-14(17,18)19)11-4-3-10(15)7-12(11)16/h8-13H,2-7H2,1H3. The first-order valence-electron chi connectivity index (χ1n) is 7.29. The van der Waals surface area contributed by atoms with Crippen LogP contribution in [0.3, 0.4) is 0 Å². The van der Waals surface area contributed by atoms with Crippen LogP contribution in [0, 0.1) is 17.8 Å². The first-order chi connectivity index (χ1) is 9.26. The molecular weight excluding hydrogens is 312 g/mol. The lowest BCUT2D eigenvalue weighted by molar-refractivity contribution is -0.351. The zero-order valence-electron chi connectivity index (χ0n) is 11.5. The summed E-state index contributed by atoms with van der Waals surface area (Å²) in [6.07, 6.45) is -0.473. The van der Waals surface area contributed by atoms with Gasteiger partial charge in [-0.15, -0.1) is 36.4 Å². The van der Waals surface area contributed by atoms with Crippen molar-refractivity contribution >= 4 is 23.2 Å². The number of ether oxygens (including phenoxy) is 1. The van der Waals surface area contributed by atoms with Crippen LogP contribution in [0.2, 0.25) is 0 Å². The quantitative estimate of drug-likeness (QED) is 0.620. The van der Waals surface area contributed by atoms with Gasteiger partial charge in [0.15, 0.2) is 0 Å². The fraction of sp³-hybridized carbons (Fsp3) is 1.00. The van der Waals surface area contributed by atoms with Gasteiger partial charge in [-0.2, -0.15) is 0 Å². The average molecular weight is 333 g/mol. The van der Waals surface area contributed by atoms with E-state index < -0.39 is 12.5 Å². The Kier molecular flexibility index (Phi) is 5.52. The molecule has 0 N–H and O–H groups in total. The van der Waals surface area contributed by atoms with E-state index in [-0.39, 0.29) is 16.7 Å². The van der Waals surface area contributed by atoms with Crippen LogP contribution in [-0.2, 0) is 4.74 Å². The summed E-state index contributed by atoms with van der Waals surface area (Å²) in [5.74, 6) is 0.721. The normalized spacial score (nSPS) is 43.5. The van der Waals surface area contributed by atoms with Gasteiger partial charge in [0.05, 0.1) is 6.10 Å². The first kappa shape index (κ1) is 16.7. The Hall–Kier alpha value is 0.330. The minimum atomic E-state index is -4.53. The van der Waals surface area contributed by atoms with Crippen LogP contribution in [-0.4, -0.2) is 23.2 Å². The van der Waals surface area contributed by atoms with Crippen molar-refractivity contribution in [2.45, 2.75) is 68.7 Å². The van der Waals surface area contributed by atoms with Crippen molar-refractivity contribution in [1.82, 2.24) is 0 Å². The Morgan fingerprint density at radius 1 is 1.00 bits per heavy atom. The molecule has 2 aliphatic rings. The second kappa shape index (κ2) is 6.62. The Morgan fingerprint density at radius 2 is 1.70 bits per heavy atom. The van der Waals surface area contributed by atoms with E-state index in [9.17, 15) is 13.2 Å². The summed E-state index contributed by atoms with van der Waals surface area (Å²) < 4.78 is 41.2. The van der Waals surface area contributed by atoms with Crippen LogP contribution in [0.4, 0.5) is 13.2 Å². The summed E-state index contributed by atoms with van der Waals surface area (Å²) in [6, 6.07) is 0. The summed E-state index contributed by atoms with van der Waals surface area (Å²) in [7, 11) is 0. The maximum absolute atomic E-state index is 12.3. The maximum atomic E-state index is 12.3. The van der Waals surface area contributed by atoms with Crippen LogP contribution < -0.4 is 0 Å². The summed E-state index contributed by atoms with van der Waals surface area (Å²) in [6.45, 7) is 1.85. The van der Waals surface area contributed by atoms with E-state index in [4.69, 9.17) is 23.2 Å². The molecule has 2 rings (SSSR count). The van der Waals surface area contributed by atoms with Crippen molar-refractivity contribution in [2.24, 2.45) is 17.8 Å². The molecule has 0 aromatic carbocycles. The van der Waals surface area contributed by atoms with E-state index in [1.165, 1.54) is 0 Å². The molecule has 0 aromatic rings. The highest BCUT2D eigenvalue weighted by molar-refractivity contribution is 6.23. The second-order valence-corrected chi connectivity index (χ2v) is 7.42. The minimum Gasteiger partial charge on any atom is -0.288 e. The molecule has 0 spiro atoms. The van der Waals surface area contributed by atoms with Crippen molar-refractivity contribution < 1.29 is 17.9 Å². The number of hydrogen-bond acceptors (Lipinski definition) is 1. The maximum Gasteiger partial charge on any atom is 0.522 e. The van der Waals surface area contributed by atoms with Crippen molar-refractivity contribution in [3.63, 3.8) is 0 Å². The van der Waals surface area contributed by atoms with E-state index in [1.54, 1.807) is 0 Å². The van der Waals surface area contributed by atoms with Gasteiger partial charge in [-0.25, -0.2) is 0 Å². The van der Waals surface area contributed by atoms with Crippen LogP contribution in [0.5, 0.6) is 0 Å². The van der Waals surface area contributed by atoms with Gasteiger partial charge in [-0.05, 0) is 56.3 Å². The Balaban J connectivity index is 1.89. The topological polar surface area (TPSA) is 9.23 Å². The molecule has 118 valence electrons. The molecule has 0 aliphatic heterocycles. The molecule has 0 bridgehead atoms. The lowest BCUT2D eigenvalue weighted by Crippen LogP contribution is -2.39. The fourth-order valence-electron chi connectivity index (χ4n) is 3.77. The van der Waals surface area contributed by atoms with Gasteiger partial charge in [0.25, 0.3) is 0 Å². The van der Waals surface area contributed by atoms with Gasteiger partial charge in [-0.3, -0.25) is 4.74 Å². The molecule has 6 heteroatoms. The molecule has 0 radical (unpaired) electrons. The first-order valence-corrected chi connectivity index (χ1v) is 8.16. The molecule has 2 aliphatic carbocycles. The largest absolute Gasteiger partial charge is 0.522 e. The van der Waals surface area contributed by atoms with Gasteiger partial charge >= 0.3 is 6.36 Å². The predicted molar refractivity (Wildman–Crippen MR) is 74.1 cm³/mol. The van der Waals surface area contributed by atoms with Gasteiger partial charge < -0.3 is 0 Å². The lowest BCUT2D eigenvalue weighted by atomic mass is 9.69. The van der Waals surface area contributed by atoms with Crippen LogP contribution in [0.15, 0.2) is 0 Å². The Bertz CT molecular complexity index is 324. The van der Waals surface area contributed by atoms with E-state index in [1.807, 2.05) is 6.92 Å². The van der Waals surface area contributed by atoms with E-state index in [0.29, 0.717) is 18.3 Å². The van der Waals surface area contributed by atoms with Crippen LogP contribution >= 0.6 is 23.2 Å². The second-order valence-electron chi connectivity index (χ2n) is 6.24. The molecule has 1 nitrogen and oxygen atoms in total. The highest BCUT2D eigenvalue weighted by Gasteiger charge is 2.42. The molecule has 0 heterocycles. The number of hydrogen-bond donors (Lipinski definition) is 0. The van der Waals surface area contributed by atoms with Crippen LogP contribution in [0.25, 0.3) is 0 Å². The van der Waals surface area contributed by atoms with Gasteiger partial charge in [0.1, 0.15) is 0 Å². The molecule has 0 aromatic heterocycles. The highest BCUT2D eigenvalue weighted by Crippen LogP contribution is 2.44. The molecule has 2 saturated carbocycles. The van der Waals surface area contributed by atoms with E-state index in [2.05, 4.69) is 4.74 Å². The van der Waals surface area contributed by atoms with Crippen LogP contribution in [0.1, 0.15) is 45.4 Å². The van der Waals surface area contributed by atoms with Crippen molar-refractivity contribution in [1.29, 1.82) is 0 Å². The van der Waals surface area contributed by atoms with E-state index >= 15 is 0 Å². The molecule has 6 unspecified atom stereocenters. The van der Waals surface area contributed by atoms with Gasteiger partial charge in [0, 0.05) is 10.8 Å². The lowest BCUT2D eigenvalue weighted by Gasteiger charge is -2.41. The third kappa shape index (κ3) is 4.41. The summed E-state index contributed by atoms with van der Waals surface area (Å²) in [5, 5.41) is 0.208. The average Bonchev–Trinajstić information content (AvgIpc) is 2.30. The minimum absolute atomic E-state index is 0.0588. The van der Waals surface area contributed by atoms with Crippen molar-refractivity contribution in [3.8, 4) is 0 Å². The summed E-state index contributed by atoms with van der Waals surface area (Å²) in [5.41, 5.74) is 0. The molecule has 20 heavy (non-hydrogen) atoms. The molecule has 0 saturated heterocycles. The summed E-state index contributed by atoms with van der Waals surface area (Å²) in [4.78, 5) is 0. The zero-order chi connectivity index (χ0) is 14.9. The predicted octanol–water partition coefficient (Wildman–Crippen LogP) is 5.34. The smallest absolute Gasteiger partial charge is 0.288 e. The number of rotatable bonds is 2. The third-order valence-electron chi connectivity index (χ3n) is 4.78. The van der Waals surface area contributed by atoms with Gasteiger partial charge in [0.2, 0.25) is 0 Å². The highest BCUT2D eigenvalue weighted by atomic mass is 35.5. The Labute approximate surface area is 128 Å². The number of halogens is 5. The SMILES string of the molecule is CC1CC(C2CCC(Cl)CC2Cl)CCC1OC(F)(F)F. The molecule has 0 amide bonds. The molecular formula is C14H21Cl2F3O. The Morgan fingerprint density at radius 3 is 2.25 bits per heavy atom. The number of alkyl halides is 5. The van der Waals surface area contributed by atoms with Gasteiger partial charge in [-0.1, -0.05) is 6.92 Å². The fourth-order valence-corrected chi connectivity index (χ4v) is 4.72.